The fraction of sp³-hybridized carbons (Fsp3) is 0.273. The van der Waals surface area contributed by atoms with Crippen molar-refractivity contribution in [1.82, 2.24) is 4.90 Å². The minimum Gasteiger partial charge on any atom is -0.491 e. The summed E-state index contributed by atoms with van der Waals surface area (Å²) in [5.41, 5.74) is 2.45. The van der Waals surface area contributed by atoms with E-state index in [0.717, 1.165) is 18.1 Å². The number of aliphatic hydroxyl groups excluding tert-OH is 1. The maximum atomic E-state index is 10.4. The van der Waals surface area contributed by atoms with Gasteiger partial charge in [0.1, 0.15) is 24.2 Å². The lowest BCUT2D eigenvalue weighted by Gasteiger charge is -2.24. The van der Waals surface area contributed by atoms with Crippen LogP contribution in [0.2, 0.25) is 0 Å². The summed E-state index contributed by atoms with van der Waals surface area (Å²) >= 11 is 0. The molecule has 2 aromatic carbocycles. The number of hydrogen-bond donors (Lipinski definition) is 1. The number of aliphatic hydroxyl groups is 1. The molecular weight excluding hydrogens is 326 g/mol. The maximum Gasteiger partial charge on any atom is 0.119 e. The summed E-state index contributed by atoms with van der Waals surface area (Å²) < 4.78 is 11.1. The molecule has 0 aliphatic carbocycles. The standard InChI is InChI=1S/C22H25NO3/c1-18-9-11-19(12-10-18)14-23(16-22-8-5-13-25-22)15-20(24)17-26-21-6-3-2-4-7-21/h2-13,20,24H,14-17H2,1H3. The third-order valence-electron chi connectivity index (χ3n) is 4.14. The largest absolute Gasteiger partial charge is 0.491 e. The Morgan fingerprint density at radius 3 is 2.42 bits per heavy atom. The second kappa shape index (κ2) is 9.22. The predicted molar refractivity (Wildman–Crippen MR) is 102 cm³/mol. The van der Waals surface area contributed by atoms with E-state index < -0.39 is 6.10 Å². The average Bonchev–Trinajstić information content (AvgIpc) is 3.16. The van der Waals surface area contributed by atoms with E-state index in [1.165, 1.54) is 11.1 Å². The fourth-order valence-electron chi connectivity index (χ4n) is 2.82. The average molecular weight is 351 g/mol. The fourth-order valence-corrected chi connectivity index (χ4v) is 2.82. The van der Waals surface area contributed by atoms with Crippen molar-refractivity contribution in [3.63, 3.8) is 0 Å². The van der Waals surface area contributed by atoms with E-state index in [1.54, 1.807) is 6.26 Å². The van der Waals surface area contributed by atoms with Crippen molar-refractivity contribution in [3.8, 4) is 5.75 Å². The number of nitrogens with zero attached hydrogens (tertiary/aromatic N) is 1. The second-order valence-electron chi connectivity index (χ2n) is 6.51. The molecule has 0 radical (unpaired) electrons. The number of hydrogen-bond acceptors (Lipinski definition) is 4. The molecule has 26 heavy (non-hydrogen) atoms. The van der Waals surface area contributed by atoms with Crippen LogP contribution < -0.4 is 4.74 Å². The van der Waals surface area contributed by atoms with E-state index >= 15 is 0 Å². The molecule has 3 rings (SSSR count). The van der Waals surface area contributed by atoms with E-state index in [1.807, 2.05) is 42.5 Å². The quantitative estimate of drug-likeness (QED) is 0.632. The lowest BCUT2D eigenvalue weighted by atomic mass is 10.1. The van der Waals surface area contributed by atoms with Crippen molar-refractivity contribution >= 4 is 0 Å². The molecule has 0 saturated carbocycles. The molecule has 0 aliphatic rings. The Morgan fingerprint density at radius 2 is 1.73 bits per heavy atom. The summed E-state index contributed by atoms with van der Waals surface area (Å²) in [6.45, 7) is 4.22. The van der Waals surface area contributed by atoms with Gasteiger partial charge in [-0.15, -0.1) is 0 Å². The van der Waals surface area contributed by atoms with Gasteiger partial charge in [-0.3, -0.25) is 4.90 Å². The topological polar surface area (TPSA) is 45.8 Å². The Hall–Kier alpha value is -2.56. The van der Waals surface area contributed by atoms with E-state index in [4.69, 9.17) is 9.15 Å². The molecule has 4 heteroatoms. The first-order valence-electron chi connectivity index (χ1n) is 8.85. The number of ether oxygens (including phenoxy) is 1. The second-order valence-corrected chi connectivity index (χ2v) is 6.51. The van der Waals surface area contributed by atoms with Gasteiger partial charge in [-0.05, 0) is 36.8 Å². The Balaban J connectivity index is 1.59. The molecule has 136 valence electrons. The lowest BCUT2D eigenvalue weighted by molar-refractivity contribution is 0.0604. The molecule has 4 nitrogen and oxygen atoms in total. The first kappa shape index (κ1) is 18.2. The monoisotopic (exact) mass is 351 g/mol. The molecular formula is C22H25NO3. The number of furan rings is 1. The van der Waals surface area contributed by atoms with E-state index in [9.17, 15) is 5.11 Å². The summed E-state index contributed by atoms with van der Waals surface area (Å²) in [6, 6.07) is 21.8. The van der Waals surface area contributed by atoms with Gasteiger partial charge in [0, 0.05) is 13.1 Å². The highest BCUT2D eigenvalue weighted by Gasteiger charge is 2.15. The molecule has 1 N–H and O–H groups in total. The van der Waals surface area contributed by atoms with Crippen LogP contribution in [0.25, 0.3) is 0 Å². The molecule has 1 aromatic heterocycles. The number of aryl methyl sites for hydroxylation is 1. The Bertz CT molecular complexity index is 754. The number of rotatable bonds is 9. The van der Waals surface area contributed by atoms with Crippen LogP contribution in [0.1, 0.15) is 16.9 Å². The number of para-hydroxylation sites is 1. The van der Waals surface area contributed by atoms with Crippen molar-refractivity contribution < 1.29 is 14.3 Å². The zero-order valence-electron chi connectivity index (χ0n) is 15.0. The first-order valence-corrected chi connectivity index (χ1v) is 8.85. The van der Waals surface area contributed by atoms with Crippen LogP contribution in [0.3, 0.4) is 0 Å². The van der Waals surface area contributed by atoms with Gasteiger partial charge in [-0.25, -0.2) is 0 Å². The minimum atomic E-state index is -0.587. The van der Waals surface area contributed by atoms with Crippen molar-refractivity contribution in [2.45, 2.75) is 26.1 Å². The summed E-state index contributed by atoms with van der Waals surface area (Å²) in [5.74, 6) is 1.65. The van der Waals surface area contributed by atoms with Crippen molar-refractivity contribution in [2.24, 2.45) is 0 Å². The van der Waals surface area contributed by atoms with Gasteiger partial charge in [-0.1, -0.05) is 48.0 Å². The molecule has 0 fully saturated rings. The normalized spacial score (nSPS) is 12.3. The molecule has 0 bridgehead atoms. The smallest absolute Gasteiger partial charge is 0.119 e. The van der Waals surface area contributed by atoms with E-state index in [2.05, 4.69) is 36.1 Å². The van der Waals surface area contributed by atoms with Crippen molar-refractivity contribution in [2.75, 3.05) is 13.2 Å². The molecule has 3 aromatic rings. The van der Waals surface area contributed by atoms with Crippen LogP contribution in [0.5, 0.6) is 5.75 Å². The van der Waals surface area contributed by atoms with Gasteiger partial charge < -0.3 is 14.3 Å². The van der Waals surface area contributed by atoms with Crippen molar-refractivity contribution in [3.05, 3.63) is 89.9 Å². The van der Waals surface area contributed by atoms with Crippen molar-refractivity contribution in [1.29, 1.82) is 0 Å². The van der Waals surface area contributed by atoms with Gasteiger partial charge in [0.25, 0.3) is 0 Å². The molecule has 1 unspecified atom stereocenters. The van der Waals surface area contributed by atoms with Crippen LogP contribution in [-0.4, -0.2) is 29.3 Å². The highest BCUT2D eigenvalue weighted by molar-refractivity contribution is 5.22. The van der Waals surface area contributed by atoms with Crippen LogP contribution in [-0.2, 0) is 13.1 Å². The third kappa shape index (κ3) is 5.76. The predicted octanol–water partition coefficient (Wildman–Crippen LogP) is 4.03. The number of benzene rings is 2. The van der Waals surface area contributed by atoms with Crippen LogP contribution in [0.15, 0.2) is 77.4 Å². The summed E-state index contributed by atoms with van der Waals surface area (Å²) in [7, 11) is 0. The van der Waals surface area contributed by atoms with Gasteiger partial charge >= 0.3 is 0 Å². The van der Waals surface area contributed by atoms with Gasteiger partial charge in [0.05, 0.1) is 12.8 Å². The highest BCUT2D eigenvalue weighted by atomic mass is 16.5. The zero-order chi connectivity index (χ0) is 18.2. The molecule has 0 aliphatic heterocycles. The third-order valence-corrected chi connectivity index (χ3v) is 4.14. The first-order chi connectivity index (χ1) is 12.7. The molecule has 1 heterocycles. The maximum absolute atomic E-state index is 10.4. The highest BCUT2D eigenvalue weighted by Crippen LogP contribution is 2.13. The van der Waals surface area contributed by atoms with Gasteiger partial charge in [-0.2, -0.15) is 0 Å². The Morgan fingerprint density at radius 1 is 0.962 bits per heavy atom. The molecule has 0 saturated heterocycles. The SMILES string of the molecule is Cc1ccc(CN(Cc2ccco2)CC(O)COc2ccccc2)cc1. The molecule has 0 amide bonds. The molecule has 0 spiro atoms. The molecule has 1 atom stereocenters. The minimum absolute atomic E-state index is 0.257. The van der Waals surface area contributed by atoms with E-state index in [-0.39, 0.29) is 6.61 Å². The summed E-state index contributed by atoms with van der Waals surface area (Å²) in [4.78, 5) is 2.17. The zero-order valence-corrected chi connectivity index (χ0v) is 15.0. The van der Waals surface area contributed by atoms with Gasteiger partial charge in [0.2, 0.25) is 0 Å². The van der Waals surface area contributed by atoms with Crippen LogP contribution in [0.4, 0.5) is 0 Å². The van der Waals surface area contributed by atoms with Crippen LogP contribution in [0, 0.1) is 6.92 Å². The lowest BCUT2D eigenvalue weighted by Crippen LogP contribution is -2.35. The summed E-state index contributed by atoms with van der Waals surface area (Å²) in [6.07, 6.45) is 1.09. The Labute approximate surface area is 154 Å². The van der Waals surface area contributed by atoms with Gasteiger partial charge in [0.15, 0.2) is 0 Å². The summed E-state index contributed by atoms with van der Waals surface area (Å²) in [5, 5.41) is 10.4. The Kier molecular flexibility index (Phi) is 6.47. The van der Waals surface area contributed by atoms with E-state index in [0.29, 0.717) is 13.1 Å². The van der Waals surface area contributed by atoms with Crippen LogP contribution >= 0.6 is 0 Å².